The first-order chi connectivity index (χ1) is 9.70. The first-order valence-corrected chi connectivity index (χ1v) is 7.91. The number of hydrogen-bond acceptors (Lipinski definition) is 1. The lowest BCUT2D eigenvalue weighted by atomic mass is 9.86. The number of hydrogen-bond donors (Lipinski definition) is 0. The van der Waals surface area contributed by atoms with E-state index in [1.165, 1.54) is 5.56 Å². The summed E-state index contributed by atoms with van der Waals surface area (Å²) in [6, 6.07) is 11.9. The summed E-state index contributed by atoms with van der Waals surface area (Å²) in [6.07, 6.45) is 0. The Kier molecular flexibility index (Phi) is 4.38. The highest BCUT2D eigenvalue weighted by atomic mass is 79.9. The second kappa shape index (κ2) is 5.76. The highest BCUT2D eigenvalue weighted by Gasteiger charge is 2.16. The Labute approximate surface area is 135 Å². The van der Waals surface area contributed by atoms with Gasteiger partial charge in [-0.2, -0.15) is 0 Å². The molecule has 0 bridgehead atoms. The van der Waals surface area contributed by atoms with Crippen LogP contribution < -0.4 is 0 Å². The van der Waals surface area contributed by atoms with Gasteiger partial charge in [-0.05, 0) is 48.1 Å². The monoisotopic (exact) mass is 344 g/mol. The van der Waals surface area contributed by atoms with Gasteiger partial charge in [-0.25, -0.2) is 0 Å². The van der Waals surface area contributed by atoms with Crippen molar-refractivity contribution in [1.82, 2.24) is 0 Å². The summed E-state index contributed by atoms with van der Waals surface area (Å²) in [4.78, 5) is 12.7. The summed E-state index contributed by atoms with van der Waals surface area (Å²) < 4.78 is 1.04. The molecule has 0 fully saturated rings. The molecule has 21 heavy (non-hydrogen) atoms. The van der Waals surface area contributed by atoms with E-state index < -0.39 is 0 Å². The molecular formula is C19H21BrO. The van der Waals surface area contributed by atoms with Crippen LogP contribution in [-0.2, 0) is 5.41 Å². The number of benzene rings is 2. The first-order valence-electron chi connectivity index (χ1n) is 7.12. The Hall–Kier alpha value is -1.41. The largest absolute Gasteiger partial charge is 0.289 e. The predicted octanol–water partition coefficient (Wildman–Crippen LogP) is 5.59. The van der Waals surface area contributed by atoms with Crippen LogP contribution in [-0.4, -0.2) is 5.78 Å². The molecule has 0 spiro atoms. The molecule has 2 rings (SSSR count). The van der Waals surface area contributed by atoms with Gasteiger partial charge in [-0.3, -0.25) is 4.79 Å². The predicted molar refractivity (Wildman–Crippen MR) is 92.2 cm³/mol. The topological polar surface area (TPSA) is 17.1 Å². The van der Waals surface area contributed by atoms with Crippen molar-refractivity contribution in [3.05, 3.63) is 68.7 Å². The summed E-state index contributed by atoms with van der Waals surface area (Å²) in [6.45, 7) is 10.5. The fraction of sp³-hybridized carbons (Fsp3) is 0.316. The number of halogens is 1. The Morgan fingerprint density at radius 1 is 0.952 bits per heavy atom. The van der Waals surface area contributed by atoms with Crippen molar-refractivity contribution in [3.63, 3.8) is 0 Å². The van der Waals surface area contributed by atoms with Crippen molar-refractivity contribution in [2.45, 2.75) is 40.0 Å². The van der Waals surface area contributed by atoms with E-state index in [-0.39, 0.29) is 11.2 Å². The van der Waals surface area contributed by atoms with Gasteiger partial charge in [0.15, 0.2) is 5.78 Å². The minimum Gasteiger partial charge on any atom is -0.289 e. The number of ketones is 1. The minimum absolute atomic E-state index is 0.0866. The molecule has 0 unspecified atom stereocenters. The zero-order chi connectivity index (χ0) is 15.8. The van der Waals surface area contributed by atoms with Crippen molar-refractivity contribution in [1.29, 1.82) is 0 Å². The molecule has 0 aromatic heterocycles. The van der Waals surface area contributed by atoms with Crippen LogP contribution in [0.5, 0.6) is 0 Å². The lowest BCUT2D eigenvalue weighted by Crippen LogP contribution is -2.11. The molecule has 2 aromatic carbocycles. The molecular weight excluding hydrogens is 324 g/mol. The van der Waals surface area contributed by atoms with Crippen molar-refractivity contribution >= 4 is 21.7 Å². The van der Waals surface area contributed by atoms with Gasteiger partial charge < -0.3 is 0 Å². The second-order valence-corrected chi connectivity index (χ2v) is 7.43. The fourth-order valence-corrected chi connectivity index (χ4v) is 2.76. The average molecular weight is 345 g/mol. The molecule has 0 N–H and O–H groups in total. The molecule has 110 valence electrons. The van der Waals surface area contributed by atoms with E-state index >= 15 is 0 Å². The van der Waals surface area contributed by atoms with Crippen molar-refractivity contribution in [2.24, 2.45) is 0 Å². The lowest BCUT2D eigenvalue weighted by molar-refractivity contribution is 0.103. The number of carbonyl (C=O) groups excluding carboxylic acids is 1. The zero-order valence-electron chi connectivity index (χ0n) is 13.3. The molecule has 0 radical (unpaired) electrons. The fourth-order valence-electron chi connectivity index (χ4n) is 2.30. The van der Waals surface area contributed by atoms with Crippen LogP contribution in [0.3, 0.4) is 0 Å². The Balaban J connectivity index is 2.39. The molecule has 0 atom stereocenters. The van der Waals surface area contributed by atoms with E-state index in [4.69, 9.17) is 0 Å². The quantitative estimate of drug-likeness (QED) is 0.648. The third kappa shape index (κ3) is 3.44. The van der Waals surface area contributed by atoms with Crippen molar-refractivity contribution in [2.75, 3.05) is 0 Å². The molecule has 0 aliphatic heterocycles. The van der Waals surface area contributed by atoms with Crippen LogP contribution >= 0.6 is 15.9 Å². The second-order valence-electron chi connectivity index (χ2n) is 6.57. The molecule has 0 amide bonds. The standard InChI is InChI=1S/C19H21BrO/c1-12-11-17(20)13(2)10-16(12)18(21)14-6-8-15(9-7-14)19(3,4)5/h6-11H,1-5H3. The first kappa shape index (κ1) is 16.0. The molecule has 0 heterocycles. The zero-order valence-corrected chi connectivity index (χ0v) is 14.8. The van der Waals surface area contributed by atoms with E-state index in [1.54, 1.807) is 0 Å². The van der Waals surface area contributed by atoms with E-state index in [0.29, 0.717) is 0 Å². The van der Waals surface area contributed by atoms with Gasteiger partial charge in [0, 0.05) is 15.6 Å². The summed E-state index contributed by atoms with van der Waals surface area (Å²) in [5.41, 5.74) is 4.94. The molecule has 0 saturated heterocycles. The van der Waals surface area contributed by atoms with E-state index in [9.17, 15) is 4.79 Å². The Morgan fingerprint density at radius 3 is 2.05 bits per heavy atom. The van der Waals surface area contributed by atoms with Crippen LogP contribution in [0.15, 0.2) is 40.9 Å². The third-order valence-electron chi connectivity index (χ3n) is 3.76. The molecule has 0 saturated carbocycles. The lowest BCUT2D eigenvalue weighted by Gasteiger charge is -2.19. The summed E-state index contributed by atoms with van der Waals surface area (Å²) in [5.74, 6) is 0.0866. The molecule has 1 nitrogen and oxygen atoms in total. The Morgan fingerprint density at radius 2 is 1.52 bits per heavy atom. The highest BCUT2D eigenvalue weighted by Crippen LogP contribution is 2.25. The smallest absolute Gasteiger partial charge is 0.193 e. The normalized spacial score (nSPS) is 11.5. The molecule has 2 aromatic rings. The van der Waals surface area contributed by atoms with Crippen molar-refractivity contribution in [3.8, 4) is 0 Å². The SMILES string of the molecule is Cc1cc(C(=O)c2ccc(C(C)(C)C)cc2)c(C)cc1Br. The van der Waals surface area contributed by atoms with Gasteiger partial charge >= 0.3 is 0 Å². The minimum atomic E-state index is 0.0866. The molecule has 2 heteroatoms. The summed E-state index contributed by atoms with van der Waals surface area (Å²) in [7, 11) is 0. The maximum Gasteiger partial charge on any atom is 0.193 e. The van der Waals surface area contributed by atoms with Crippen LogP contribution in [0.1, 0.15) is 53.4 Å². The van der Waals surface area contributed by atoms with Crippen LogP contribution in [0.2, 0.25) is 0 Å². The maximum absolute atomic E-state index is 12.7. The van der Waals surface area contributed by atoms with E-state index in [1.807, 2.05) is 50.2 Å². The summed E-state index contributed by atoms with van der Waals surface area (Å²) >= 11 is 3.51. The third-order valence-corrected chi connectivity index (χ3v) is 4.62. The van der Waals surface area contributed by atoms with Crippen molar-refractivity contribution < 1.29 is 4.79 Å². The van der Waals surface area contributed by atoms with Gasteiger partial charge in [-0.1, -0.05) is 61.0 Å². The van der Waals surface area contributed by atoms with E-state index in [0.717, 1.165) is 26.7 Å². The molecule has 0 aliphatic carbocycles. The summed E-state index contributed by atoms with van der Waals surface area (Å²) in [5, 5.41) is 0. The van der Waals surface area contributed by atoms with Crippen LogP contribution in [0, 0.1) is 13.8 Å². The van der Waals surface area contributed by atoms with Gasteiger partial charge in [0.2, 0.25) is 0 Å². The van der Waals surface area contributed by atoms with Gasteiger partial charge in [-0.15, -0.1) is 0 Å². The number of carbonyl (C=O) groups is 1. The van der Waals surface area contributed by atoms with Crippen LogP contribution in [0.4, 0.5) is 0 Å². The maximum atomic E-state index is 12.7. The van der Waals surface area contributed by atoms with Gasteiger partial charge in [0.1, 0.15) is 0 Å². The number of rotatable bonds is 2. The van der Waals surface area contributed by atoms with Gasteiger partial charge in [0.25, 0.3) is 0 Å². The molecule has 0 aliphatic rings. The number of aryl methyl sites for hydroxylation is 2. The van der Waals surface area contributed by atoms with Crippen LogP contribution in [0.25, 0.3) is 0 Å². The average Bonchev–Trinajstić information content (AvgIpc) is 2.41. The van der Waals surface area contributed by atoms with E-state index in [2.05, 4.69) is 36.7 Å². The Bertz CT molecular complexity index is 676. The van der Waals surface area contributed by atoms with Gasteiger partial charge in [0.05, 0.1) is 0 Å². The highest BCUT2D eigenvalue weighted by molar-refractivity contribution is 9.10.